The van der Waals surface area contributed by atoms with Crippen LogP contribution in [0.15, 0.2) is 12.3 Å². The summed E-state index contributed by atoms with van der Waals surface area (Å²) in [6, 6.07) is 1.90. The minimum atomic E-state index is 0.551. The second-order valence-corrected chi connectivity index (χ2v) is 5.18. The van der Waals surface area contributed by atoms with E-state index >= 15 is 0 Å². The summed E-state index contributed by atoms with van der Waals surface area (Å²) in [5.74, 6) is 0.551. The van der Waals surface area contributed by atoms with Crippen LogP contribution in [0.2, 0.25) is 5.02 Å². The fraction of sp³-hybridized carbons (Fsp3) is 0.667. The standard InChI is InChI=1S/C15H25ClN2O/c1-3-4-5-6-7-8-9-19-15-14(16)10-13(11-17-2)12-18-15/h10,12,17H,3-9,11H2,1-2H3. The molecule has 0 unspecified atom stereocenters. The molecule has 1 aromatic heterocycles. The van der Waals surface area contributed by atoms with E-state index in [1.54, 1.807) is 6.20 Å². The Bertz CT molecular complexity index is 358. The molecule has 0 aliphatic carbocycles. The maximum atomic E-state index is 6.13. The zero-order valence-corrected chi connectivity index (χ0v) is 12.8. The average molecular weight is 285 g/mol. The van der Waals surface area contributed by atoms with Gasteiger partial charge in [0.05, 0.1) is 6.61 Å². The number of halogens is 1. The Labute approximate surface area is 121 Å². The van der Waals surface area contributed by atoms with Crippen molar-refractivity contribution in [2.75, 3.05) is 13.7 Å². The topological polar surface area (TPSA) is 34.1 Å². The van der Waals surface area contributed by atoms with Crippen LogP contribution < -0.4 is 10.1 Å². The fourth-order valence-electron chi connectivity index (χ4n) is 1.92. The van der Waals surface area contributed by atoms with E-state index in [1.807, 2.05) is 13.1 Å². The number of ether oxygens (including phenoxy) is 1. The second kappa shape index (κ2) is 10.0. The molecule has 0 aromatic carbocycles. The van der Waals surface area contributed by atoms with Crippen molar-refractivity contribution in [3.63, 3.8) is 0 Å². The molecule has 1 heterocycles. The first kappa shape index (κ1) is 16.3. The van der Waals surface area contributed by atoms with Crippen molar-refractivity contribution in [3.8, 4) is 5.88 Å². The third-order valence-corrected chi connectivity index (χ3v) is 3.25. The molecule has 1 N–H and O–H groups in total. The monoisotopic (exact) mass is 284 g/mol. The van der Waals surface area contributed by atoms with Crippen LogP contribution in [0.3, 0.4) is 0 Å². The summed E-state index contributed by atoms with van der Waals surface area (Å²) in [7, 11) is 1.90. The lowest BCUT2D eigenvalue weighted by Crippen LogP contribution is -2.06. The second-order valence-electron chi connectivity index (χ2n) is 4.78. The summed E-state index contributed by atoms with van der Waals surface area (Å²) in [6.07, 6.45) is 9.33. The number of hydrogen-bond acceptors (Lipinski definition) is 3. The third kappa shape index (κ3) is 6.79. The molecular formula is C15H25ClN2O. The van der Waals surface area contributed by atoms with Gasteiger partial charge >= 0.3 is 0 Å². The van der Waals surface area contributed by atoms with Crippen LogP contribution in [0.25, 0.3) is 0 Å². The zero-order valence-electron chi connectivity index (χ0n) is 12.0. The van der Waals surface area contributed by atoms with Gasteiger partial charge in [0.1, 0.15) is 5.02 Å². The van der Waals surface area contributed by atoms with Gasteiger partial charge in [-0.15, -0.1) is 0 Å². The molecule has 0 amide bonds. The van der Waals surface area contributed by atoms with Crippen molar-refractivity contribution in [2.24, 2.45) is 0 Å². The molecule has 0 aliphatic rings. The maximum Gasteiger partial charge on any atom is 0.232 e. The Kier molecular flexibility index (Phi) is 8.59. The summed E-state index contributed by atoms with van der Waals surface area (Å²) >= 11 is 6.13. The van der Waals surface area contributed by atoms with Crippen LogP contribution in [0.5, 0.6) is 5.88 Å². The van der Waals surface area contributed by atoms with Crippen LogP contribution in [0.4, 0.5) is 0 Å². The van der Waals surface area contributed by atoms with Crippen molar-refractivity contribution in [3.05, 3.63) is 22.8 Å². The molecule has 0 bridgehead atoms. The van der Waals surface area contributed by atoms with E-state index in [9.17, 15) is 0 Å². The van der Waals surface area contributed by atoms with Crippen LogP contribution in [0.1, 0.15) is 51.0 Å². The minimum absolute atomic E-state index is 0.551. The Hall–Kier alpha value is -0.800. The molecule has 0 fully saturated rings. The van der Waals surface area contributed by atoms with Crippen molar-refractivity contribution < 1.29 is 4.74 Å². The van der Waals surface area contributed by atoms with Crippen molar-refractivity contribution >= 4 is 11.6 Å². The van der Waals surface area contributed by atoms with Gasteiger partial charge in [-0.1, -0.05) is 50.6 Å². The lowest BCUT2D eigenvalue weighted by Gasteiger charge is -2.08. The Morgan fingerprint density at radius 3 is 2.63 bits per heavy atom. The first-order chi connectivity index (χ1) is 9.27. The van der Waals surface area contributed by atoms with E-state index in [0.29, 0.717) is 17.5 Å². The van der Waals surface area contributed by atoms with Crippen molar-refractivity contribution in [1.29, 1.82) is 0 Å². The molecule has 0 radical (unpaired) electrons. The first-order valence-electron chi connectivity index (χ1n) is 7.19. The van der Waals surface area contributed by atoms with Gasteiger partial charge in [-0.25, -0.2) is 4.98 Å². The molecular weight excluding hydrogens is 260 g/mol. The van der Waals surface area contributed by atoms with Gasteiger partial charge in [0.15, 0.2) is 0 Å². The highest BCUT2D eigenvalue weighted by atomic mass is 35.5. The molecule has 19 heavy (non-hydrogen) atoms. The number of unbranched alkanes of at least 4 members (excludes halogenated alkanes) is 5. The van der Waals surface area contributed by atoms with E-state index in [-0.39, 0.29) is 0 Å². The Morgan fingerprint density at radius 2 is 1.95 bits per heavy atom. The van der Waals surface area contributed by atoms with Crippen molar-refractivity contribution in [2.45, 2.75) is 52.0 Å². The summed E-state index contributed by atoms with van der Waals surface area (Å²) in [6.45, 7) is 3.70. The molecule has 4 heteroatoms. The van der Waals surface area contributed by atoms with Gasteiger partial charge in [0.2, 0.25) is 5.88 Å². The highest BCUT2D eigenvalue weighted by Gasteiger charge is 2.04. The highest BCUT2D eigenvalue weighted by molar-refractivity contribution is 6.31. The molecule has 3 nitrogen and oxygen atoms in total. The first-order valence-corrected chi connectivity index (χ1v) is 7.57. The summed E-state index contributed by atoms with van der Waals surface area (Å²) in [5.41, 5.74) is 1.07. The molecule has 108 valence electrons. The van der Waals surface area contributed by atoms with Crippen LogP contribution in [-0.2, 0) is 6.54 Å². The van der Waals surface area contributed by atoms with Gasteiger partial charge < -0.3 is 10.1 Å². The fourth-order valence-corrected chi connectivity index (χ4v) is 2.17. The average Bonchev–Trinajstić information content (AvgIpc) is 2.40. The van der Waals surface area contributed by atoms with E-state index < -0.39 is 0 Å². The maximum absolute atomic E-state index is 6.13. The van der Waals surface area contributed by atoms with E-state index in [4.69, 9.17) is 16.3 Å². The molecule has 1 rings (SSSR count). The van der Waals surface area contributed by atoms with Crippen LogP contribution >= 0.6 is 11.6 Å². The van der Waals surface area contributed by atoms with Gasteiger partial charge in [-0.3, -0.25) is 0 Å². The van der Waals surface area contributed by atoms with E-state index in [1.165, 1.54) is 32.1 Å². The third-order valence-electron chi connectivity index (χ3n) is 2.98. The van der Waals surface area contributed by atoms with Gasteiger partial charge in [-0.05, 0) is 25.1 Å². The van der Waals surface area contributed by atoms with Crippen LogP contribution in [0, 0.1) is 0 Å². The van der Waals surface area contributed by atoms with E-state index in [2.05, 4.69) is 17.2 Å². The molecule has 0 saturated carbocycles. The normalized spacial score (nSPS) is 10.7. The lowest BCUT2D eigenvalue weighted by molar-refractivity contribution is 0.293. The minimum Gasteiger partial charge on any atom is -0.477 e. The molecule has 0 spiro atoms. The number of nitrogens with zero attached hydrogens (tertiary/aromatic N) is 1. The quantitative estimate of drug-likeness (QED) is 0.654. The lowest BCUT2D eigenvalue weighted by atomic mass is 10.1. The summed E-state index contributed by atoms with van der Waals surface area (Å²) < 4.78 is 5.61. The Balaban J connectivity index is 2.22. The molecule has 0 saturated heterocycles. The largest absolute Gasteiger partial charge is 0.477 e. The molecule has 0 aliphatic heterocycles. The number of rotatable bonds is 10. The number of aromatic nitrogens is 1. The summed E-state index contributed by atoms with van der Waals surface area (Å²) in [4.78, 5) is 4.25. The molecule has 1 aromatic rings. The van der Waals surface area contributed by atoms with Crippen LogP contribution in [-0.4, -0.2) is 18.6 Å². The van der Waals surface area contributed by atoms with Gasteiger partial charge in [-0.2, -0.15) is 0 Å². The molecule has 0 atom stereocenters. The van der Waals surface area contributed by atoms with Gasteiger partial charge in [0, 0.05) is 12.7 Å². The number of hydrogen-bond donors (Lipinski definition) is 1. The number of nitrogens with one attached hydrogen (secondary N) is 1. The highest BCUT2D eigenvalue weighted by Crippen LogP contribution is 2.22. The smallest absolute Gasteiger partial charge is 0.232 e. The Morgan fingerprint density at radius 1 is 1.21 bits per heavy atom. The number of pyridine rings is 1. The summed E-state index contributed by atoms with van der Waals surface area (Å²) in [5, 5.41) is 3.66. The zero-order chi connectivity index (χ0) is 13.9. The SMILES string of the molecule is CCCCCCCCOc1ncc(CNC)cc1Cl. The van der Waals surface area contributed by atoms with Gasteiger partial charge in [0.25, 0.3) is 0 Å². The van der Waals surface area contributed by atoms with Crippen molar-refractivity contribution in [1.82, 2.24) is 10.3 Å². The predicted molar refractivity (Wildman–Crippen MR) is 80.9 cm³/mol. The van der Waals surface area contributed by atoms with E-state index in [0.717, 1.165) is 18.5 Å². The predicted octanol–water partition coefficient (Wildman–Crippen LogP) is 4.19.